The van der Waals surface area contributed by atoms with Gasteiger partial charge >= 0.3 is 0 Å². The first-order valence-corrected chi connectivity index (χ1v) is 19.2. The summed E-state index contributed by atoms with van der Waals surface area (Å²) in [7, 11) is 0. The Bertz CT molecular complexity index is 2780. The zero-order chi connectivity index (χ0) is 36.8. The van der Waals surface area contributed by atoms with Gasteiger partial charge in [0, 0.05) is 38.9 Å². The average Bonchev–Trinajstić information content (AvgIpc) is 3.60. The quantitative estimate of drug-likeness (QED) is 0.160. The number of benzene rings is 8. The predicted octanol–water partition coefficient (Wildman–Crippen LogP) is 14.5. The third kappa shape index (κ3) is 5.84. The van der Waals surface area contributed by atoms with Crippen LogP contribution in [0.1, 0.15) is 18.9 Å². The van der Waals surface area contributed by atoms with Crippen LogP contribution in [0.4, 0.5) is 17.1 Å². The summed E-state index contributed by atoms with van der Waals surface area (Å²) in [4.78, 5) is 2.36. The molecule has 1 atom stereocenters. The predicted molar refractivity (Wildman–Crippen MR) is 234 cm³/mol. The highest BCUT2D eigenvalue weighted by atomic mass is 15.1. The van der Waals surface area contributed by atoms with Crippen LogP contribution < -0.4 is 4.90 Å². The van der Waals surface area contributed by atoms with Gasteiger partial charge in [0.05, 0.1) is 11.0 Å². The van der Waals surface area contributed by atoms with Crippen molar-refractivity contribution < 1.29 is 0 Å². The Hall–Kier alpha value is -6.90. The molecule has 2 heteroatoms. The fraction of sp³-hybridized carbons (Fsp3) is 0.0566. The first kappa shape index (κ1) is 32.7. The molecule has 262 valence electrons. The van der Waals surface area contributed by atoms with Gasteiger partial charge in [-0.25, -0.2) is 0 Å². The second-order valence-corrected chi connectivity index (χ2v) is 14.8. The van der Waals surface area contributed by atoms with E-state index >= 15 is 0 Å². The van der Waals surface area contributed by atoms with Crippen molar-refractivity contribution in [2.45, 2.75) is 18.8 Å². The molecule has 8 aromatic carbocycles. The molecule has 0 radical (unpaired) electrons. The van der Waals surface area contributed by atoms with Crippen LogP contribution in [0, 0.1) is 0 Å². The van der Waals surface area contributed by atoms with Crippen LogP contribution in [0.3, 0.4) is 0 Å². The summed E-state index contributed by atoms with van der Waals surface area (Å²) >= 11 is 0. The fourth-order valence-corrected chi connectivity index (χ4v) is 8.42. The van der Waals surface area contributed by atoms with Crippen molar-refractivity contribution in [2.24, 2.45) is 0 Å². The number of rotatable bonds is 7. The molecule has 0 spiro atoms. The molecule has 10 rings (SSSR count). The molecule has 1 aliphatic carbocycles. The van der Waals surface area contributed by atoms with E-state index in [0.29, 0.717) is 0 Å². The van der Waals surface area contributed by atoms with Crippen LogP contribution in [-0.2, 0) is 5.41 Å². The molecule has 0 N–H and O–H groups in total. The molecular weight excluding hydrogens is 665 g/mol. The molecule has 0 saturated heterocycles. The Kier molecular flexibility index (Phi) is 8.03. The number of hydrogen-bond donors (Lipinski definition) is 0. The second-order valence-electron chi connectivity index (χ2n) is 14.8. The van der Waals surface area contributed by atoms with Crippen LogP contribution in [0.5, 0.6) is 0 Å². The Balaban J connectivity index is 0.981. The Labute approximate surface area is 322 Å². The van der Waals surface area contributed by atoms with Crippen LogP contribution in [0.25, 0.3) is 60.5 Å². The standard InChI is InChI=1S/C53H40N2/c1-53(36-34-47(35-37-53)55-50-19-11-10-18-49(50)52-48-17-9-8-16-42(48)24-33-51(52)55)43-25-31-46(32-26-43)54(44-27-20-40(21-28-44)38-12-4-2-5-13-38)45-29-22-41(23-30-45)39-14-6-3-7-15-39/h2-36H,37H2,1H3. The van der Waals surface area contributed by atoms with E-state index in [-0.39, 0.29) is 5.41 Å². The number of para-hydroxylation sites is 1. The van der Waals surface area contributed by atoms with E-state index in [2.05, 4.69) is 229 Å². The fourth-order valence-electron chi connectivity index (χ4n) is 8.42. The Morgan fingerprint density at radius 1 is 0.455 bits per heavy atom. The summed E-state index contributed by atoms with van der Waals surface area (Å²) in [5.41, 5.74) is 13.1. The summed E-state index contributed by atoms with van der Waals surface area (Å²) in [5.74, 6) is 0. The Morgan fingerprint density at radius 3 is 1.55 bits per heavy atom. The van der Waals surface area contributed by atoms with Gasteiger partial charge < -0.3 is 9.47 Å². The maximum atomic E-state index is 2.44. The van der Waals surface area contributed by atoms with Crippen molar-refractivity contribution in [3.63, 3.8) is 0 Å². The van der Waals surface area contributed by atoms with E-state index in [1.165, 1.54) is 66.1 Å². The molecule has 9 aromatic rings. The van der Waals surface area contributed by atoms with Crippen LogP contribution in [-0.4, -0.2) is 4.57 Å². The van der Waals surface area contributed by atoms with Gasteiger partial charge in [0.2, 0.25) is 0 Å². The largest absolute Gasteiger partial charge is 0.311 e. The molecule has 1 heterocycles. The summed E-state index contributed by atoms with van der Waals surface area (Å²) in [6, 6.07) is 70.3. The van der Waals surface area contributed by atoms with Crippen LogP contribution in [0.2, 0.25) is 0 Å². The highest BCUT2D eigenvalue weighted by Gasteiger charge is 2.27. The van der Waals surface area contributed by atoms with Crippen molar-refractivity contribution in [1.29, 1.82) is 0 Å². The lowest BCUT2D eigenvalue weighted by molar-refractivity contribution is 0.599. The highest BCUT2D eigenvalue weighted by Crippen LogP contribution is 2.42. The normalized spacial score (nSPS) is 15.4. The van der Waals surface area contributed by atoms with Gasteiger partial charge in [-0.2, -0.15) is 0 Å². The first-order chi connectivity index (χ1) is 27.1. The Morgan fingerprint density at radius 2 is 0.964 bits per heavy atom. The molecule has 0 saturated carbocycles. The van der Waals surface area contributed by atoms with Crippen molar-refractivity contribution >= 4 is 55.3 Å². The zero-order valence-corrected chi connectivity index (χ0v) is 30.8. The number of fused-ring (bicyclic) bond motifs is 5. The van der Waals surface area contributed by atoms with Crippen molar-refractivity contribution in [2.75, 3.05) is 4.90 Å². The molecule has 0 fully saturated rings. The lowest BCUT2D eigenvalue weighted by Crippen LogP contribution is -2.21. The molecule has 1 unspecified atom stereocenters. The molecule has 55 heavy (non-hydrogen) atoms. The SMILES string of the molecule is CC1(c2ccc(N(c3ccc(-c4ccccc4)cc3)c3ccc(-c4ccccc4)cc3)cc2)C=CC(n2c3ccccc3c3c4ccccc4ccc32)=CC1. The smallest absolute Gasteiger partial charge is 0.0547 e. The number of hydrogen-bond acceptors (Lipinski definition) is 1. The van der Waals surface area contributed by atoms with Crippen LogP contribution >= 0.6 is 0 Å². The van der Waals surface area contributed by atoms with E-state index < -0.39 is 0 Å². The molecule has 1 aromatic heterocycles. The summed E-state index contributed by atoms with van der Waals surface area (Å²) in [5, 5.41) is 5.19. The monoisotopic (exact) mass is 704 g/mol. The minimum atomic E-state index is -0.132. The van der Waals surface area contributed by atoms with Gasteiger partial charge in [-0.15, -0.1) is 0 Å². The van der Waals surface area contributed by atoms with Crippen molar-refractivity contribution in [1.82, 2.24) is 4.57 Å². The summed E-state index contributed by atoms with van der Waals surface area (Å²) in [6.45, 7) is 2.35. The van der Waals surface area contributed by atoms with E-state index in [0.717, 1.165) is 23.5 Å². The highest BCUT2D eigenvalue weighted by molar-refractivity contribution is 6.21. The topological polar surface area (TPSA) is 8.17 Å². The molecule has 0 amide bonds. The van der Waals surface area contributed by atoms with E-state index in [1.54, 1.807) is 0 Å². The first-order valence-electron chi connectivity index (χ1n) is 19.2. The number of nitrogens with zero attached hydrogens (tertiary/aromatic N) is 2. The maximum absolute atomic E-state index is 2.44. The van der Waals surface area contributed by atoms with Gasteiger partial charge in [-0.3, -0.25) is 0 Å². The number of aromatic nitrogens is 1. The lowest BCUT2D eigenvalue weighted by Gasteiger charge is -2.31. The van der Waals surface area contributed by atoms with E-state index in [1.807, 2.05) is 0 Å². The third-order valence-corrected chi connectivity index (χ3v) is 11.4. The van der Waals surface area contributed by atoms with Gasteiger partial charge in [0.25, 0.3) is 0 Å². The molecule has 2 nitrogen and oxygen atoms in total. The second kappa shape index (κ2) is 13.5. The van der Waals surface area contributed by atoms with Gasteiger partial charge in [0.15, 0.2) is 0 Å². The van der Waals surface area contributed by atoms with Gasteiger partial charge in [-0.05, 0) is 99.6 Å². The van der Waals surface area contributed by atoms with Crippen LogP contribution in [0.15, 0.2) is 212 Å². The zero-order valence-electron chi connectivity index (χ0n) is 30.8. The summed E-state index contributed by atoms with van der Waals surface area (Å²) < 4.78 is 2.44. The van der Waals surface area contributed by atoms with Gasteiger partial charge in [-0.1, -0.05) is 165 Å². The maximum Gasteiger partial charge on any atom is 0.0547 e. The van der Waals surface area contributed by atoms with E-state index in [4.69, 9.17) is 0 Å². The number of anilines is 3. The van der Waals surface area contributed by atoms with Crippen molar-refractivity contribution in [3.05, 3.63) is 218 Å². The van der Waals surface area contributed by atoms with E-state index in [9.17, 15) is 0 Å². The lowest BCUT2D eigenvalue weighted by atomic mass is 9.77. The third-order valence-electron chi connectivity index (χ3n) is 11.4. The van der Waals surface area contributed by atoms with Crippen molar-refractivity contribution in [3.8, 4) is 22.3 Å². The average molecular weight is 705 g/mol. The minimum absolute atomic E-state index is 0.132. The number of allylic oxidation sites excluding steroid dienone is 4. The molecular formula is C53H40N2. The minimum Gasteiger partial charge on any atom is -0.311 e. The summed E-state index contributed by atoms with van der Waals surface area (Å²) in [6.07, 6.45) is 8.06. The molecule has 1 aliphatic rings. The molecule has 0 bridgehead atoms. The van der Waals surface area contributed by atoms with Gasteiger partial charge in [0.1, 0.15) is 0 Å². The molecule has 0 aliphatic heterocycles.